The van der Waals surface area contributed by atoms with E-state index >= 15 is 0 Å². The third-order valence-corrected chi connectivity index (χ3v) is 2.75. The van der Waals surface area contributed by atoms with Crippen molar-refractivity contribution in [1.82, 2.24) is 0 Å². The lowest BCUT2D eigenvalue weighted by molar-refractivity contribution is 0.0663. The van der Waals surface area contributed by atoms with E-state index < -0.39 is 5.97 Å². The molecule has 2 aromatic rings. The lowest BCUT2D eigenvalue weighted by Crippen LogP contribution is -1.93. The lowest BCUT2D eigenvalue weighted by atomic mass is 10.0. The van der Waals surface area contributed by atoms with Gasteiger partial charge in [-0.1, -0.05) is 0 Å². The standard InChI is InChI=1S/C13H13NO3/c1-7-5-9(10(14)6-8(7)2)11-3-4-12(17-11)13(15)16/h3-6H,14H2,1-2H3,(H,15,16). The van der Waals surface area contributed by atoms with Crippen molar-refractivity contribution in [3.8, 4) is 11.3 Å². The maximum atomic E-state index is 10.7. The summed E-state index contributed by atoms with van der Waals surface area (Å²) < 4.78 is 5.23. The van der Waals surface area contributed by atoms with Gasteiger partial charge in [0.1, 0.15) is 5.76 Å². The predicted molar refractivity (Wildman–Crippen MR) is 65.0 cm³/mol. The Morgan fingerprint density at radius 2 is 1.88 bits per heavy atom. The molecule has 1 heterocycles. The molecule has 0 radical (unpaired) electrons. The fraction of sp³-hybridized carbons (Fsp3) is 0.154. The van der Waals surface area contributed by atoms with E-state index in [9.17, 15) is 4.79 Å². The largest absolute Gasteiger partial charge is 0.475 e. The third kappa shape index (κ3) is 2.01. The Morgan fingerprint density at radius 3 is 2.47 bits per heavy atom. The molecule has 1 aromatic carbocycles. The number of aryl methyl sites for hydroxylation is 2. The molecule has 3 N–H and O–H groups in total. The smallest absolute Gasteiger partial charge is 0.371 e. The number of hydrogen-bond acceptors (Lipinski definition) is 3. The summed E-state index contributed by atoms with van der Waals surface area (Å²) in [4.78, 5) is 10.7. The van der Waals surface area contributed by atoms with Crippen molar-refractivity contribution >= 4 is 11.7 Å². The molecule has 0 fully saturated rings. The molecule has 0 spiro atoms. The highest BCUT2D eigenvalue weighted by Crippen LogP contribution is 2.30. The van der Waals surface area contributed by atoms with Crippen LogP contribution in [0.3, 0.4) is 0 Å². The average molecular weight is 231 g/mol. The van der Waals surface area contributed by atoms with Gasteiger partial charge in [-0.15, -0.1) is 0 Å². The van der Waals surface area contributed by atoms with Crippen molar-refractivity contribution in [3.05, 3.63) is 41.2 Å². The Morgan fingerprint density at radius 1 is 1.24 bits per heavy atom. The molecule has 0 aliphatic heterocycles. The van der Waals surface area contributed by atoms with Gasteiger partial charge in [0, 0.05) is 11.3 Å². The molecule has 0 saturated carbocycles. The van der Waals surface area contributed by atoms with Crippen molar-refractivity contribution in [2.24, 2.45) is 0 Å². The first-order chi connectivity index (χ1) is 7.99. The van der Waals surface area contributed by atoms with E-state index in [1.54, 1.807) is 6.07 Å². The van der Waals surface area contributed by atoms with Crippen molar-refractivity contribution in [1.29, 1.82) is 0 Å². The molecule has 17 heavy (non-hydrogen) atoms. The van der Waals surface area contributed by atoms with Crippen LogP contribution < -0.4 is 5.73 Å². The summed E-state index contributed by atoms with van der Waals surface area (Å²) in [7, 11) is 0. The number of benzene rings is 1. The van der Waals surface area contributed by atoms with E-state index in [1.165, 1.54) is 6.07 Å². The molecule has 0 atom stereocenters. The molecule has 88 valence electrons. The molecule has 0 unspecified atom stereocenters. The van der Waals surface area contributed by atoms with E-state index in [0.29, 0.717) is 11.4 Å². The van der Waals surface area contributed by atoms with Gasteiger partial charge >= 0.3 is 5.97 Å². The number of rotatable bonds is 2. The first-order valence-corrected chi connectivity index (χ1v) is 5.19. The quantitative estimate of drug-likeness (QED) is 0.779. The van der Waals surface area contributed by atoms with E-state index in [1.807, 2.05) is 26.0 Å². The molecule has 0 saturated heterocycles. The Kier molecular flexibility index (Phi) is 2.63. The van der Waals surface area contributed by atoms with Gasteiger partial charge in [-0.25, -0.2) is 4.79 Å². The van der Waals surface area contributed by atoms with Crippen molar-refractivity contribution in [3.63, 3.8) is 0 Å². The van der Waals surface area contributed by atoms with Gasteiger partial charge in [-0.3, -0.25) is 0 Å². The number of anilines is 1. The minimum absolute atomic E-state index is 0.0855. The number of carboxylic acids is 1. The van der Waals surface area contributed by atoms with Crippen LogP contribution in [0.15, 0.2) is 28.7 Å². The minimum atomic E-state index is -1.08. The summed E-state index contributed by atoms with van der Waals surface area (Å²) in [5.41, 5.74) is 9.39. The van der Waals surface area contributed by atoms with E-state index in [-0.39, 0.29) is 5.76 Å². The van der Waals surface area contributed by atoms with Gasteiger partial charge < -0.3 is 15.3 Å². The molecule has 0 amide bonds. The number of carboxylic acid groups (broad SMARTS) is 1. The average Bonchev–Trinajstić information content (AvgIpc) is 2.72. The Labute approximate surface area is 98.7 Å². The SMILES string of the molecule is Cc1cc(N)c(-c2ccc(C(=O)O)o2)cc1C. The highest BCUT2D eigenvalue weighted by atomic mass is 16.4. The fourth-order valence-corrected chi connectivity index (χ4v) is 1.65. The number of hydrogen-bond donors (Lipinski definition) is 2. The first-order valence-electron chi connectivity index (χ1n) is 5.19. The van der Waals surface area contributed by atoms with E-state index in [2.05, 4.69) is 0 Å². The van der Waals surface area contributed by atoms with Crippen LogP contribution in [0, 0.1) is 13.8 Å². The highest BCUT2D eigenvalue weighted by Gasteiger charge is 2.13. The van der Waals surface area contributed by atoms with Crippen LogP contribution in [0.5, 0.6) is 0 Å². The normalized spacial score (nSPS) is 10.5. The van der Waals surface area contributed by atoms with Crippen LogP contribution in [-0.4, -0.2) is 11.1 Å². The van der Waals surface area contributed by atoms with Gasteiger partial charge in [0.25, 0.3) is 0 Å². The van der Waals surface area contributed by atoms with Gasteiger partial charge in [0.15, 0.2) is 0 Å². The summed E-state index contributed by atoms with van der Waals surface area (Å²) in [6.07, 6.45) is 0. The number of furan rings is 1. The predicted octanol–water partition coefficient (Wildman–Crippen LogP) is 2.84. The number of nitrogen functional groups attached to an aromatic ring is 1. The van der Waals surface area contributed by atoms with Gasteiger partial charge in [-0.2, -0.15) is 0 Å². The molecular weight excluding hydrogens is 218 g/mol. The summed E-state index contributed by atoms with van der Waals surface area (Å²) in [5, 5.41) is 8.79. The Bertz CT molecular complexity index is 584. The Hall–Kier alpha value is -2.23. The number of nitrogens with two attached hydrogens (primary N) is 1. The zero-order valence-electron chi connectivity index (χ0n) is 9.65. The second-order valence-electron chi connectivity index (χ2n) is 3.99. The molecule has 4 nitrogen and oxygen atoms in total. The van der Waals surface area contributed by atoms with Gasteiger partial charge in [0.05, 0.1) is 0 Å². The van der Waals surface area contributed by atoms with Crippen LogP contribution in [0.25, 0.3) is 11.3 Å². The highest BCUT2D eigenvalue weighted by molar-refractivity contribution is 5.86. The monoisotopic (exact) mass is 231 g/mol. The van der Waals surface area contributed by atoms with E-state index in [0.717, 1.165) is 16.7 Å². The summed E-state index contributed by atoms with van der Waals surface area (Å²) in [5.74, 6) is -0.695. The molecule has 0 bridgehead atoms. The van der Waals surface area contributed by atoms with Crippen LogP contribution >= 0.6 is 0 Å². The zero-order valence-corrected chi connectivity index (χ0v) is 9.65. The lowest BCUT2D eigenvalue weighted by Gasteiger charge is -2.07. The van der Waals surface area contributed by atoms with Gasteiger partial charge in [-0.05, 0) is 49.2 Å². The van der Waals surface area contributed by atoms with Crippen LogP contribution in [0.1, 0.15) is 21.7 Å². The summed E-state index contributed by atoms with van der Waals surface area (Å²) >= 11 is 0. The summed E-state index contributed by atoms with van der Waals surface area (Å²) in [6, 6.07) is 6.79. The zero-order chi connectivity index (χ0) is 12.6. The second-order valence-corrected chi connectivity index (χ2v) is 3.99. The van der Waals surface area contributed by atoms with Crippen LogP contribution in [0.4, 0.5) is 5.69 Å². The summed E-state index contributed by atoms with van der Waals surface area (Å²) in [6.45, 7) is 3.94. The molecule has 0 aliphatic rings. The first kappa shape index (κ1) is 11.3. The fourth-order valence-electron chi connectivity index (χ4n) is 1.65. The van der Waals surface area contributed by atoms with Gasteiger partial charge in [0.2, 0.25) is 5.76 Å². The van der Waals surface area contributed by atoms with Crippen molar-refractivity contribution < 1.29 is 14.3 Å². The maximum Gasteiger partial charge on any atom is 0.371 e. The van der Waals surface area contributed by atoms with Crippen molar-refractivity contribution in [2.75, 3.05) is 5.73 Å². The molecule has 1 aromatic heterocycles. The molecule has 4 heteroatoms. The number of aromatic carboxylic acids is 1. The van der Waals surface area contributed by atoms with Crippen molar-refractivity contribution in [2.45, 2.75) is 13.8 Å². The molecular formula is C13H13NO3. The second kappa shape index (κ2) is 3.97. The van der Waals surface area contributed by atoms with Crippen LogP contribution in [-0.2, 0) is 0 Å². The maximum absolute atomic E-state index is 10.7. The topological polar surface area (TPSA) is 76.5 Å². The minimum Gasteiger partial charge on any atom is -0.475 e. The molecule has 0 aliphatic carbocycles. The van der Waals surface area contributed by atoms with E-state index in [4.69, 9.17) is 15.3 Å². The molecule has 2 rings (SSSR count). The third-order valence-electron chi connectivity index (χ3n) is 2.75. The van der Waals surface area contributed by atoms with Crippen LogP contribution in [0.2, 0.25) is 0 Å². The Balaban J connectivity index is 2.52. The number of carbonyl (C=O) groups is 1.